The number of carbonyl (C=O) groups excluding carboxylic acids is 2. The molecule has 0 N–H and O–H groups in total. The van der Waals surface area contributed by atoms with E-state index >= 15 is 0 Å². The van der Waals surface area contributed by atoms with E-state index in [1.165, 1.54) is 24.3 Å². The van der Waals surface area contributed by atoms with Gasteiger partial charge in [0.05, 0.1) is 29.4 Å². The van der Waals surface area contributed by atoms with Crippen LogP contribution < -0.4 is 14.7 Å². The number of nitrogens with zero attached hydrogens (tertiary/aromatic N) is 3. The predicted octanol–water partition coefficient (Wildman–Crippen LogP) is 3.65. The number of benzene rings is 3. The summed E-state index contributed by atoms with van der Waals surface area (Å²) < 4.78 is 5.25. The molecule has 0 saturated carbocycles. The Hall–Kier alpha value is -4.24. The number of methoxy groups -OCH3 is 1. The van der Waals surface area contributed by atoms with Crippen molar-refractivity contribution in [1.82, 2.24) is 0 Å². The third-order valence-electron chi connectivity index (χ3n) is 5.90. The van der Waals surface area contributed by atoms with Gasteiger partial charge in [-0.15, -0.1) is 0 Å². The Morgan fingerprint density at radius 3 is 2.15 bits per heavy atom. The predicted molar refractivity (Wildman–Crippen MR) is 119 cm³/mol. The second-order valence-electron chi connectivity index (χ2n) is 7.72. The Morgan fingerprint density at radius 1 is 0.879 bits per heavy atom. The number of non-ortho nitro benzene ring substituents is 1. The van der Waals surface area contributed by atoms with E-state index in [1.807, 2.05) is 42.5 Å². The molecule has 2 heterocycles. The van der Waals surface area contributed by atoms with Gasteiger partial charge < -0.3 is 4.74 Å². The molecular weight excluding hydrogens is 426 g/mol. The van der Waals surface area contributed by atoms with Crippen molar-refractivity contribution < 1.29 is 24.1 Å². The van der Waals surface area contributed by atoms with Gasteiger partial charge in [-0.2, -0.15) is 0 Å². The maximum absolute atomic E-state index is 13.5. The second-order valence-corrected chi connectivity index (χ2v) is 7.72. The van der Waals surface area contributed by atoms with E-state index in [9.17, 15) is 19.7 Å². The minimum absolute atomic E-state index is 0.124. The van der Waals surface area contributed by atoms with Crippen LogP contribution in [-0.2, 0) is 14.4 Å². The molecule has 33 heavy (non-hydrogen) atoms. The van der Waals surface area contributed by atoms with Gasteiger partial charge in [-0.05, 0) is 42.0 Å². The molecule has 2 aliphatic heterocycles. The summed E-state index contributed by atoms with van der Waals surface area (Å²) in [4.78, 5) is 44.4. The van der Waals surface area contributed by atoms with E-state index in [2.05, 4.69) is 0 Å². The first-order chi connectivity index (χ1) is 16.0. The fraction of sp³-hybridized carbons (Fsp3) is 0.167. The summed E-state index contributed by atoms with van der Waals surface area (Å²) in [7, 11) is 1.57. The SMILES string of the molecule is COc1ccc([C@H]2[C@@H]3C(=O)N(c4ccc([N+](=O)[O-])cc4)C(=O)[C@H]3ON2c2ccccc2)cc1. The maximum Gasteiger partial charge on any atom is 0.269 e. The number of fused-ring (bicyclic) bond motifs is 1. The largest absolute Gasteiger partial charge is 0.497 e. The molecular formula is C24H19N3O6. The third kappa shape index (κ3) is 3.39. The van der Waals surface area contributed by atoms with Crippen LogP contribution >= 0.6 is 0 Å². The normalized spacial score (nSPS) is 21.9. The van der Waals surface area contributed by atoms with Gasteiger partial charge in [-0.1, -0.05) is 30.3 Å². The Bertz CT molecular complexity index is 1210. The number of rotatable bonds is 5. The van der Waals surface area contributed by atoms with Crippen LogP contribution in [0.4, 0.5) is 17.1 Å². The number of nitro benzene ring substituents is 1. The molecule has 0 radical (unpaired) electrons. The number of anilines is 2. The zero-order chi connectivity index (χ0) is 23.1. The van der Waals surface area contributed by atoms with Crippen LogP contribution in [0, 0.1) is 16.0 Å². The van der Waals surface area contributed by atoms with Gasteiger partial charge in [0, 0.05) is 12.1 Å². The summed E-state index contributed by atoms with van der Waals surface area (Å²) >= 11 is 0. The highest BCUT2D eigenvalue weighted by molar-refractivity contribution is 6.23. The van der Waals surface area contributed by atoms with Gasteiger partial charge in [-0.25, -0.2) is 9.96 Å². The molecule has 166 valence electrons. The highest BCUT2D eigenvalue weighted by Crippen LogP contribution is 2.47. The topological polar surface area (TPSA) is 102 Å². The molecule has 2 amide bonds. The molecule has 2 fully saturated rings. The number of imide groups is 1. The zero-order valence-corrected chi connectivity index (χ0v) is 17.5. The van der Waals surface area contributed by atoms with Crippen molar-refractivity contribution in [2.24, 2.45) is 5.92 Å². The summed E-state index contributed by atoms with van der Waals surface area (Å²) in [5.41, 5.74) is 1.66. The van der Waals surface area contributed by atoms with Gasteiger partial charge in [0.25, 0.3) is 11.6 Å². The lowest BCUT2D eigenvalue weighted by atomic mass is 9.90. The Balaban J connectivity index is 1.54. The average Bonchev–Trinajstić information content (AvgIpc) is 3.35. The molecule has 3 aromatic rings. The number of hydrogen-bond acceptors (Lipinski definition) is 7. The molecule has 5 rings (SSSR count). The highest BCUT2D eigenvalue weighted by atomic mass is 16.7. The summed E-state index contributed by atoms with van der Waals surface area (Å²) in [6, 6.07) is 21.3. The van der Waals surface area contributed by atoms with Crippen LogP contribution in [0.2, 0.25) is 0 Å². The minimum Gasteiger partial charge on any atom is -0.497 e. The van der Waals surface area contributed by atoms with E-state index in [0.717, 1.165) is 16.2 Å². The van der Waals surface area contributed by atoms with Gasteiger partial charge in [0.2, 0.25) is 5.91 Å². The lowest BCUT2D eigenvalue weighted by Crippen LogP contribution is -2.37. The van der Waals surface area contributed by atoms with Crippen LogP contribution in [0.25, 0.3) is 0 Å². The molecule has 0 unspecified atom stereocenters. The molecule has 0 aromatic heterocycles. The summed E-state index contributed by atoms with van der Waals surface area (Å²) in [6.07, 6.45) is -1.01. The number of amides is 2. The van der Waals surface area contributed by atoms with Crippen molar-refractivity contribution in [3.8, 4) is 5.75 Å². The lowest BCUT2D eigenvalue weighted by molar-refractivity contribution is -0.384. The van der Waals surface area contributed by atoms with E-state index < -0.39 is 34.8 Å². The lowest BCUT2D eigenvalue weighted by Gasteiger charge is -2.28. The minimum atomic E-state index is -1.01. The second kappa shape index (κ2) is 8.03. The Morgan fingerprint density at radius 2 is 1.55 bits per heavy atom. The molecule has 3 atom stereocenters. The Kier molecular flexibility index (Phi) is 5.02. The van der Waals surface area contributed by atoms with Crippen molar-refractivity contribution in [2.75, 3.05) is 17.1 Å². The van der Waals surface area contributed by atoms with E-state index in [4.69, 9.17) is 9.57 Å². The molecule has 9 heteroatoms. The standard InChI is InChI=1S/C24H19N3O6/c1-32-19-13-7-15(8-14-19)21-20-22(33-26(21)17-5-3-2-4-6-17)24(29)25(23(20)28)16-9-11-18(12-10-16)27(30)31/h2-14,20-22H,1H3/t20-,21-,22-/m0/s1. The summed E-state index contributed by atoms with van der Waals surface area (Å²) in [5.74, 6) is -1.04. The molecule has 0 spiro atoms. The number of nitro groups is 1. The molecule has 2 aliphatic rings. The van der Waals surface area contributed by atoms with E-state index in [1.54, 1.807) is 24.3 Å². The zero-order valence-electron chi connectivity index (χ0n) is 17.5. The number of carbonyl (C=O) groups is 2. The van der Waals surface area contributed by atoms with Gasteiger partial charge in [-0.3, -0.25) is 24.5 Å². The number of hydrogen-bond donors (Lipinski definition) is 0. The fourth-order valence-electron chi connectivity index (χ4n) is 4.33. The summed E-state index contributed by atoms with van der Waals surface area (Å²) in [6.45, 7) is 0. The first-order valence-electron chi connectivity index (χ1n) is 10.3. The third-order valence-corrected chi connectivity index (χ3v) is 5.90. The van der Waals surface area contributed by atoms with Crippen LogP contribution in [-0.4, -0.2) is 30.0 Å². The molecule has 2 saturated heterocycles. The van der Waals surface area contributed by atoms with Gasteiger partial charge in [0.1, 0.15) is 11.7 Å². The highest BCUT2D eigenvalue weighted by Gasteiger charge is 2.60. The van der Waals surface area contributed by atoms with Crippen molar-refractivity contribution in [1.29, 1.82) is 0 Å². The van der Waals surface area contributed by atoms with Crippen molar-refractivity contribution in [2.45, 2.75) is 12.1 Å². The molecule has 0 aliphatic carbocycles. The molecule has 3 aromatic carbocycles. The van der Waals surface area contributed by atoms with Gasteiger partial charge in [0.15, 0.2) is 6.10 Å². The monoisotopic (exact) mass is 445 g/mol. The van der Waals surface area contributed by atoms with Gasteiger partial charge >= 0.3 is 0 Å². The van der Waals surface area contributed by atoms with Crippen molar-refractivity contribution in [3.63, 3.8) is 0 Å². The fourth-order valence-corrected chi connectivity index (χ4v) is 4.33. The maximum atomic E-state index is 13.5. The van der Waals surface area contributed by atoms with E-state index in [0.29, 0.717) is 5.75 Å². The number of ether oxygens (including phenoxy) is 1. The first-order valence-corrected chi connectivity index (χ1v) is 10.3. The van der Waals surface area contributed by atoms with Crippen LogP contribution in [0.15, 0.2) is 78.9 Å². The number of hydroxylamine groups is 1. The van der Waals surface area contributed by atoms with Crippen LogP contribution in [0.3, 0.4) is 0 Å². The Labute approximate surface area is 188 Å². The van der Waals surface area contributed by atoms with Crippen LogP contribution in [0.5, 0.6) is 5.75 Å². The first kappa shape index (κ1) is 20.7. The number of para-hydroxylation sites is 1. The molecule has 9 nitrogen and oxygen atoms in total. The smallest absolute Gasteiger partial charge is 0.269 e. The van der Waals surface area contributed by atoms with Crippen molar-refractivity contribution in [3.05, 3.63) is 94.5 Å². The molecule has 0 bridgehead atoms. The quantitative estimate of drug-likeness (QED) is 0.336. The van der Waals surface area contributed by atoms with E-state index in [-0.39, 0.29) is 11.4 Å². The summed E-state index contributed by atoms with van der Waals surface area (Å²) in [5, 5.41) is 12.6. The van der Waals surface area contributed by atoms with Crippen molar-refractivity contribution >= 4 is 28.9 Å². The average molecular weight is 445 g/mol. The van der Waals surface area contributed by atoms with Crippen LogP contribution in [0.1, 0.15) is 11.6 Å².